The lowest BCUT2D eigenvalue weighted by atomic mass is 9.70. The zero-order valence-corrected chi connectivity index (χ0v) is 83.9. The molecule has 15 saturated heterocycles. The Hall–Kier alpha value is -1.90. The van der Waals surface area contributed by atoms with Crippen LogP contribution in [0.5, 0.6) is 0 Å². The second-order valence-electron chi connectivity index (χ2n) is 37.7. The van der Waals surface area contributed by atoms with E-state index in [4.69, 9.17) is 204 Å². The van der Waals surface area contributed by atoms with E-state index >= 15 is 0 Å². The number of methoxy groups -OCH3 is 1. The summed E-state index contributed by atoms with van der Waals surface area (Å²) in [6.07, 6.45) is 11.0. The van der Waals surface area contributed by atoms with E-state index in [1.54, 1.807) is 6.92 Å². The fourth-order valence-corrected chi connectivity index (χ4v) is 14.2. The van der Waals surface area contributed by atoms with E-state index in [0.717, 1.165) is 97.8 Å². The fourth-order valence-electron chi connectivity index (χ4n) is 14.2. The minimum Gasteiger partial charge on any atom is -0.396 e. The molecule has 0 bridgehead atoms. The second-order valence-corrected chi connectivity index (χ2v) is 37.7. The van der Waals surface area contributed by atoms with Gasteiger partial charge in [-0.2, -0.15) is 0 Å². The number of aliphatic hydroxyl groups excluding tert-OH is 13. The summed E-state index contributed by atoms with van der Waals surface area (Å²) in [5, 5.41) is 112. The topological polar surface area (TPSA) is 549 Å². The molecule has 0 aromatic rings. The van der Waals surface area contributed by atoms with Crippen LogP contribution in [0.2, 0.25) is 0 Å². The molecule has 3 spiro atoms. The average Bonchev–Trinajstić information content (AvgIpc) is 1.62. The van der Waals surface area contributed by atoms with Crippen molar-refractivity contribution in [3.05, 3.63) is 0 Å². The van der Waals surface area contributed by atoms with Crippen LogP contribution in [0.1, 0.15) is 166 Å². The maximum atomic E-state index is 12.2. The number of halogens is 2. The lowest BCUT2D eigenvalue weighted by Crippen LogP contribution is -2.54. The molecule has 1 aliphatic carbocycles. The minimum atomic E-state index is -2.90. The third-order valence-electron chi connectivity index (χ3n) is 22.7. The Kier molecular flexibility index (Phi) is 66.0. The van der Waals surface area contributed by atoms with Gasteiger partial charge in [0.1, 0.15) is 65.4 Å². The minimum absolute atomic E-state index is 0.0178. The van der Waals surface area contributed by atoms with Crippen molar-refractivity contribution in [2.45, 2.75) is 256 Å². The first-order valence-electron chi connectivity index (χ1n) is 48.6. The highest BCUT2D eigenvalue weighted by atomic mass is 19.3. The molecule has 44 nitrogen and oxygen atoms in total. The summed E-state index contributed by atoms with van der Waals surface area (Å²) in [7, 11) is 1.52. The van der Waals surface area contributed by atoms with Crippen LogP contribution in [0.25, 0.3) is 0 Å². The van der Waals surface area contributed by atoms with Crippen LogP contribution >= 0.6 is 0 Å². The Morgan fingerprint density at radius 2 is 0.688 bits per heavy atom. The van der Waals surface area contributed by atoms with Gasteiger partial charge in [-0.15, -0.1) is 0 Å². The molecule has 822 valence electrons. The lowest BCUT2D eigenvalue weighted by molar-refractivity contribution is -0.365. The normalized spacial score (nSPS) is 27.3. The van der Waals surface area contributed by atoms with Crippen LogP contribution in [0.15, 0.2) is 0 Å². The average molecular weight is 2020 g/mol. The molecule has 0 aromatic carbocycles. The number of hydrogen-bond acceptors (Lipinski definition) is 44. The van der Waals surface area contributed by atoms with Gasteiger partial charge >= 0.3 is 0 Å². The summed E-state index contributed by atoms with van der Waals surface area (Å²) in [4.78, 5) is 0. The van der Waals surface area contributed by atoms with Crippen molar-refractivity contribution in [2.75, 3.05) is 305 Å². The Morgan fingerprint density at radius 1 is 0.304 bits per heavy atom. The van der Waals surface area contributed by atoms with Gasteiger partial charge in [-0.3, -0.25) is 0 Å². The highest BCUT2D eigenvalue weighted by molar-refractivity contribution is 4.90. The van der Waals surface area contributed by atoms with E-state index in [2.05, 4.69) is 64.9 Å². The van der Waals surface area contributed by atoms with Gasteiger partial charge in [0, 0.05) is 119 Å². The molecule has 0 aromatic heterocycles. The SMILES string of the molecule is CC1(C)COC(CCCO)OC1.CC1(C)COC(CCO)OC1.CC1(C)COC(CO)OC1.CC1(CO)OCC2(CO1)OCCO2.CCC1(CCO)OCC2(CO1)OCCO2.CCCC1(CCO)OCCCO1.CCCC1(CCO)OCCO1.COC1OCC(CO)CO1.OCC1COCCO1.OCC1COCO1.OCC1COCOC1.OCC1OCC(F)(F)CO1.OCC1OCC2(CCC2)CO1. The van der Waals surface area contributed by atoms with Crippen molar-refractivity contribution in [1.82, 2.24) is 0 Å². The van der Waals surface area contributed by atoms with Crippen LogP contribution in [0, 0.1) is 33.5 Å². The molecule has 2 unspecified atom stereocenters. The zero-order chi connectivity index (χ0) is 102. The molecular weight excluding hydrogens is 1850 g/mol. The molecule has 0 amide bonds. The predicted octanol–water partition coefficient (Wildman–Crippen LogP) is 2.69. The van der Waals surface area contributed by atoms with Crippen LogP contribution in [-0.4, -0.2) is 462 Å². The van der Waals surface area contributed by atoms with Crippen molar-refractivity contribution in [3.63, 3.8) is 0 Å². The van der Waals surface area contributed by atoms with E-state index in [9.17, 15) is 8.78 Å². The quantitative estimate of drug-likeness (QED) is 0.0625. The van der Waals surface area contributed by atoms with Crippen LogP contribution in [-0.2, 0) is 147 Å². The van der Waals surface area contributed by atoms with E-state index in [1.807, 2.05) is 6.92 Å². The summed E-state index contributed by atoms with van der Waals surface area (Å²) in [6.45, 7) is 36.8. The third kappa shape index (κ3) is 52.3. The van der Waals surface area contributed by atoms with Crippen molar-refractivity contribution in [1.29, 1.82) is 0 Å². The second kappa shape index (κ2) is 70.9. The summed E-state index contributed by atoms with van der Waals surface area (Å²) in [5.41, 5.74) is 0.707. The van der Waals surface area contributed by atoms with E-state index in [0.29, 0.717) is 183 Å². The predicted molar refractivity (Wildman–Crippen MR) is 482 cm³/mol. The zero-order valence-electron chi connectivity index (χ0n) is 83.9. The van der Waals surface area contributed by atoms with E-state index in [1.165, 1.54) is 26.4 Å². The summed E-state index contributed by atoms with van der Waals surface area (Å²) in [6, 6.07) is 0. The maximum Gasteiger partial charge on any atom is 0.293 e. The van der Waals surface area contributed by atoms with Crippen molar-refractivity contribution in [2.24, 2.45) is 33.5 Å². The van der Waals surface area contributed by atoms with Gasteiger partial charge in [-0.05, 0) is 39.0 Å². The lowest BCUT2D eigenvalue weighted by Gasteiger charge is -2.45. The molecule has 0 radical (unpaired) electrons. The fraction of sp³-hybridized carbons (Fsp3) is 1.00. The molecule has 16 fully saturated rings. The van der Waals surface area contributed by atoms with Gasteiger partial charge in [0.2, 0.25) is 11.6 Å². The molecule has 138 heavy (non-hydrogen) atoms. The van der Waals surface area contributed by atoms with Crippen molar-refractivity contribution >= 4 is 0 Å². The molecule has 15 aliphatic heterocycles. The van der Waals surface area contributed by atoms with Gasteiger partial charge in [0.15, 0.2) is 54.6 Å². The maximum absolute atomic E-state index is 12.2. The summed E-state index contributed by atoms with van der Waals surface area (Å²) in [5.74, 6) is -6.51. The third-order valence-corrected chi connectivity index (χ3v) is 22.7. The number of ether oxygens (including phenoxy) is 31. The van der Waals surface area contributed by atoms with Gasteiger partial charge in [0.25, 0.3) is 12.4 Å². The number of aliphatic hydroxyl groups is 13. The van der Waals surface area contributed by atoms with Crippen molar-refractivity contribution in [3.8, 4) is 0 Å². The van der Waals surface area contributed by atoms with Gasteiger partial charge in [-0.25, -0.2) is 8.78 Å². The van der Waals surface area contributed by atoms with Crippen LogP contribution in [0.3, 0.4) is 0 Å². The summed E-state index contributed by atoms with van der Waals surface area (Å²) >= 11 is 0. The Labute approximate surface area is 813 Å². The van der Waals surface area contributed by atoms with Gasteiger partial charge in [-0.1, -0.05) is 81.6 Å². The monoisotopic (exact) mass is 2020 g/mol. The highest BCUT2D eigenvalue weighted by Crippen LogP contribution is 2.44. The van der Waals surface area contributed by atoms with Crippen LogP contribution in [0.4, 0.5) is 8.78 Å². The standard InChI is InChI=1S/C10H18O5.2C9H18O3.C8H14O5.C8H14O3.2C8H16O3.C7H14O3.C6H12O4.C5H8F2O3.2C5H10O3.C4H8O3/c1-2-9(3-4-11)14-7-10(8-15-9)12-5-6-13-10;1-9(2)6-11-8(12-7-9)4-3-5-10;1-2-4-9(5-6-10)11-7-3-8-12-9;1-7(4-9)12-5-8(6-13-7)10-2-3-11-8;9-4-7-10-5-8(6-11-7)2-1-3-8;1-8(2)5-10-7(3-4-9)11-6-8;1-2-3-8(4-5-9)10-6-7-11-8;1-7(2)4-9-6(3-8)10-5-7;1-8-6-9-3-5(2-7)4-10-6;6-5(7)2-9-4(1-8)10-3-5;6-1-5-2-7-4-8-3-5;6-3-5-4-7-1-2-8-5;5-1-4-2-6-3-7-4/h11H,2-8H2,1H3;8,10H,3-7H2,1-2H3;10H,2-8H2,1H3;9H,2-6H2,1H3;7,9H,1-6H2;7,9H,3-6H2,1-2H3;9H,2-7H2,1H3;6,8H,3-5H2,1-2H3;5-7H,2-4H2,1H3;4,8H,1-3H2;2*5-6H,1-4H2;4-5H,1-3H2. The largest absolute Gasteiger partial charge is 0.396 e. The molecule has 15 heterocycles. The first-order valence-corrected chi connectivity index (χ1v) is 48.6. The van der Waals surface area contributed by atoms with E-state index in [-0.39, 0.29) is 145 Å². The Morgan fingerprint density at radius 3 is 1.02 bits per heavy atom. The Bertz CT molecular complexity index is 2730. The summed E-state index contributed by atoms with van der Waals surface area (Å²) < 4.78 is 186. The van der Waals surface area contributed by atoms with Gasteiger partial charge in [0.05, 0.1) is 211 Å². The molecular formula is C92H176F2O44. The van der Waals surface area contributed by atoms with E-state index < -0.39 is 72.9 Å². The van der Waals surface area contributed by atoms with Gasteiger partial charge < -0.3 is 213 Å². The highest BCUT2D eigenvalue weighted by Gasteiger charge is 2.50. The Balaban J connectivity index is 0.000000313. The number of rotatable bonds is 25. The smallest absolute Gasteiger partial charge is 0.293 e. The first-order chi connectivity index (χ1) is 66.1. The molecule has 13 N–H and O–H groups in total. The molecule has 16 aliphatic rings. The molecule has 2 atom stereocenters. The number of hydrogen-bond donors (Lipinski definition) is 13. The first kappa shape index (κ1) is 128. The number of alkyl halides is 2. The van der Waals surface area contributed by atoms with Crippen molar-refractivity contribution < 1.29 is 222 Å². The van der Waals surface area contributed by atoms with Crippen LogP contribution < -0.4 is 0 Å². The molecule has 46 heteroatoms. The molecule has 16 rings (SSSR count). The molecule has 1 saturated carbocycles.